The number of hydrogen-bond donors (Lipinski definition) is 1. The van der Waals surface area contributed by atoms with Gasteiger partial charge in [-0.1, -0.05) is 5.21 Å². The summed E-state index contributed by atoms with van der Waals surface area (Å²) >= 11 is 0. The molecule has 22 heavy (non-hydrogen) atoms. The van der Waals surface area contributed by atoms with Crippen molar-refractivity contribution in [3.8, 4) is 22.7 Å². The Kier molecular flexibility index (Phi) is 3.46. The third-order valence-electron chi connectivity index (χ3n) is 3.18. The summed E-state index contributed by atoms with van der Waals surface area (Å²) in [6, 6.07) is 8.25. The molecule has 0 radical (unpaired) electrons. The van der Waals surface area contributed by atoms with Crippen LogP contribution >= 0.6 is 0 Å². The van der Waals surface area contributed by atoms with E-state index in [1.807, 2.05) is 0 Å². The van der Waals surface area contributed by atoms with Gasteiger partial charge in [-0.05, 0) is 36.4 Å². The topological polar surface area (TPSA) is 66.0 Å². The highest BCUT2D eigenvalue weighted by molar-refractivity contribution is 5.61. The van der Waals surface area contributed by atoms with E-state index in [-0.39, 0.29) is 11.3 Å². The number of ether oxygens (including phenoxy) is 1. The van der Waals surface area contributed by atoms with E-state index in [0.29, 0.717) is 17.1 Å². The van der Waals surface area contributed by atoms with Crippen LogP contribution in [0.4, 0.5) is 14.5 Å². The molecule has 2 N–H and O–H groups in total. The number of nitrogens with zero attached hydrogens (tertiary/aromatic N) is 3. The van der Waals surface area contributed by atoms with Crippen LogP contribution in [0, 0.1) is 11.6 Å². The van der Waals surface area contributed by atoms with E-state index in [4.69, 9.17) is 10.5 Å². The molecule has 0 aliphatic heterocycles. The largest absolute Gasteiger partial charge is 0.495 e. The first kappa shape index (κ1) is 14.0. The first-order chi connectivity index (χ1) is 10.6. The van der Waals surface area contributed by atoms with Crippen molar-refractivity contribution in [1.29, 1.82) is 0 Å². The number of methoxy groups -OCH3 is 1. The van der Waals surface area contributed by atoms with Gasteiger partial charge in [0.15, 0.2) is 0 Å². The molecule has 0 aliphatic carbocycles. The molecule has 7 heteroatoms. The molecule has 1 heterocycles. The Balaban J connectivity index is 2.00. The fraction of sp³-hybridized carbons (Fsp3) is 0.0667. The summed E-state index contributed by atoms with van der Waals surface area (Å²) in [4.78, 5) is 0. The molecule has 0 spiro atoms. The van der Waals surface area contributed by atoms with Crippen LogP contribution in [0.25, 0.3) is 16.9 Å². The van der Waals surface area contributed by atoms with Gasteiger partial charge in [0.2, 0.25) is 0 Å². The van der Waals surface area contributed by atoms with E-state index >= 15 is 0 Å². The Hall–Kier alpha value is -2.96. The van der Waals surface area contributed by atoms with Crippen LogP contribution in [-0.2, 0) is 0 Å². The molecule has 0 aliphatic rings. The third kappa shape index (κ3) is 2.48. The SMILES string of the molecule is COc1ccc(-n2cc(-c3cc(F)ccc3F)nn2)cc1N. The summed E-state index contributed by atoms with van der Waals surface area (Å²) in [7, 11) is 1.52. The predicted octanol–water partition coefficient (Wildman–Crippen LogP) is 2.80. The van der Waals surface area contributed by atoms with E-state index < -0.39 is 11.6 Å². The summed E-state index contributed by atoms with van der Waals surface area (Å²) in [6.45, 7) is 0. The molecule has 112 valence electrons. The Morgan fingerprint density at radius 1 is 1.14 bits per heavy atom. The van der Waals surface area contributed by atoms with Crippen LogP contribution in [-0.4, -0.2) is 22.1 Å². The van der Waals surface area contributed by atoms with Crippen LogP contribution in [0.5, 0.6) is 5.75 Å². The maximum Gasteiger partial charge on any atom is 0.141 e. The van der Waals surface area contributed by atoms with E-state index in [1.165, 1.54) is 18.0 Å². The number of nitrogens with two attached hydrogens (primary N) is 1. The van der Waals surface area contributed by atoms with Crippen molar-refractivity contribution in [2.45, 2.75) is 0 Å². The van der Waals surface area contributed by atoms with Gasteiger partial charge in [-0.25, -0.2) is 13.5 Å². The highest BCUT2D eigenvalue weighted by Crippen LogP contribution is 2.25. The predicted molar refractivity (Wildman–Crippen MR) is 77.7 cm³/mol. The Bertz CT molecular complexity index is 832. The Morgan fingerprint density at radius 2 is 1.95 bits per heavy atom. The lowest BCUT2D eigenvalue weighted by molar-refractivity contribution is 0.417. The summed E-state index contributed by atoms with van der Waals surface area (Å²) in [5.41, 5.74) is 7.18. The summed E-state index contributed by atoms with van der Waals surface area (Å²) in [5, 5.41) is 7.78. The normalized spacial score (nSPS) is 10.7. The van der Waals surface area contributed by atoms with Crippen LogP contribution in [0.3, 0.4) is 0 Å². The number of nitrogen functional groups attached to an aromatic ring is 1. The molecule has 0 atom stereocenters. The molecule has 3 aromatic rings. The Morgan fingerprint density at radius 3 is 2.68 bits per heavy atom. The quantitative estimate of drug-likeness (QED) is 0.756. The fourth-order valence-electron chi connectivity index (χ4n) is 2.07. The Labute approximate surface area is 124 Å². The average Bonchev–Trinajstić information content (AvgIpc) is 2.99. The average molecular weight is 302 g/mol. The van der Waals surface area contributed by atoms with E-state index in [1.54, 1.807) is 18.2 Å². The minimum Gasteiger partial charge on any atom is -0.495 e. The number of hydrogen-bond acceptors (Lipinski definition) is 4. The first-order valence-corrected chi connectivity index (χ1v) is 6.40. The molecular weight excluding hydrogens is 290 g/mol. The van der Waals surface area contributed by atoms with Crippen molar-refractivity contribution in [1.82, 2.24) is 15.0 Å². The lowest BCUT2D eigenvalue weighted by Crippen LogP contribution is -1.98. The van der Waals surface area contributed by atoms with E-state index in [2.05, 4.69) is 10.3 Å². The summed E-state index contributed by atoms with van der Waals surface area (Å²) < 4.78 is 33.5. The van der Waals surface area contributed by atoms with Crippen molar-refractivity contribution in [2.75, 3.05) is 12.8 Å². The smallest absolute Gasteiger partial charge is 0.141 e. The van der Waals surface area contributed by atoms with Gasteiger partial charge in [-0.15, -0.1) is 5.10 Å². The molecule has 0 amide bonds. The van der Waals surface area contributed by atoms with Crippen molar-refractivity contribution in [3.05, 3.63) is 54.2 Å². The molecule has 3 rings (SSSR count). The van der Waals surface area contributed by atoms with Crippen molar-refractivity contribution < 1.29 is 13.5 Å². The minimum atomic E-state index is -0.567. The zero-order valence-electron chi connectivity index (χ0n) is 11.6. The van der Waals surface area contributed by atoms with E-state index in [9.17, 15) is 8.78 Å². The van der Waals surface area contributed by atoms with Crippen molar-refractivity contribution in [2.24, 2.45) is 0 Å². The van der Waals surface area contributed by atoms with Gasteiger partial charge in [0.1, 0.15) is 23.1 Å². The fourth-order valence-corrected chi connectivity index (χ4v) is 2.07. The molecule has 0 fully saturated rings. The number of benzene rings is 2. The molecule has 5 nitrogen and oxygen atoms in total. The van der Waals surface area contributed by atoms with Crippen LogP contribution in [0.15, 0.2) is 42.6 Å². The zero-order valence-corrected chi connectivity index (χ0v) is 11.6. The second kappa shape index (κ2) is 5.44. The molecule has 0 bridgehead atoms. The lowest BCUT2D eigenvalue weighted by atomic mass is 10.1. The molecular formula is C15H12F2N4O. The maximum atomic E-state index is 13.7. The maximum absolute atomic E-state index is 13.7. The number of anilines is 1. The number of aromatic nitrogens is 3. The highest BCUT2D eigenvalue weighted by Gasteiger charge is 2.12. The lowest BCUT2D eigenvalue weighted by Gasteiger charge is -2.06. The summed E-state index contributed by atoms with van der Waals surface area (Å²) in [5.74, 6) is -0.567. The van der Waals surface area contributed by atoms with Gasteiger partial charge in [-0.3, -0.25) is 0 Å². The molecule has 2 aromatic carbocycles. The summed E-state index contributed by atoms with van der Waals surface area (Å²) in [6.07, 6.45) is 1.50. The standard InChI is InChI=1S/C15H12F2N4O/c1-22-15-5-3-10(7-13(15)18)21-8-14(19-20-21)11-6-9(16)2-4-12(11)17/h2-8H,18H2,1H3. The van der Waals surface area contributed by atoms with Crippen LogP contribution < -0.4 is 10.5 Å². The van der Waals surface area contributed by atoms with Gasteiger partial charge < -0.3 is 10.5 Å². The molecule has 0 unspecified atom stereocenters. The van der Waals surface area contributed by atoms with Crippen molar-refractivity contribution >= 4 is 5.69 Å². The van der Waals surface area contributed by atoms with Gasteiger partial charge in [0.25, 0.3) is 0 Å². The third-order valence-corrected chi connectivity index (χ3v) is 3.18. The van der Waals surface area contributed by atoms with Crippen LogP contribution in [0.2, 0.25) is 0 Å². The second-order valence-corrected chi connectivity index (χ2v) is 4.60. The molecule has 0 saturated carbocycles. The number of halogens is 2. The zero-order chi connectivity index (χ0) is 15.7. The highest BCUT2D eigenvalue weighted by atomic mass is 19.1. The van der Waals surface area contributed by atoms with Gasteiger partial charge in [0.05, 0.1) is 24.7 Å². The van der Waals surface area contributed by atoms with Gasteiger partial charge in [-0.2, -0.15) is 0 Å². The van der Waals surface area contributed by atoms with Crippen molar-refractivity contribution in [3.63, 3.8) is 0 Å². The number of rotatable bonds is 3. The minimum absolute atomic E-state index is 0.0488. The van der Waals surface area contributed by atoms with Crippen LogP contribution in [0.1, 0.15) is 0 Å². The van der Waals surface area contributed by atoms with Gasteiger partial charge in [0, 0.05) is 5.56 Å². The second-order valence-electron chi connectivity index (χ2n) is 4.60. The molecule has 0 saturated heterocycles. The first-order valence-electron chi connectivity index (χ1n) is 6.40. The molecule has 1 aromatic heterocycles. The van der Waals surface area contributed by atoms with E-state index in [0.717, 1.165) is 18.2 Å². The monoisotopic (exact) mass is 302 g/mol. The van der Waals surface area contributed by atoms with Gasteiger partial charge >= 0.3 is 0 Å².